The molecule has 1 atom stereocenters. The van der Waals surface area contributed by atoms with Gasteiger partial charge in [0.05, 0.1) is 17.3 Å². The van der Waals surface area contributed by atoms with E-state index in [-0.39, 0.29) is 11.6 Å². The minimum Gasteiger partial charge on any atom is -0.478 e. The van der Waals surface area contributed by atoms with Crippen LogP contribution >= 0.6 is 0 Å². The predicted molar refractivity (Wildman–Crippen MR) is 94.1 cm³/mol. The molecule has 4 heteroatoms. The molecule has 0 unspecified atom stereocenters. The summed E-state index contributed by atoms with van der Waals surface area (Å²) >= 11 is 0. The van der Waals surface area contributed by atoms with Crippen LogP contribution in [0, 0.1) is 0 Å². The standard InChI is InChI=1S/C20H18N2O2/c23-20(24)17-12-7-13-21-19(17)14-18(15-8-3-1-4-9-15)22-16-10-5-2-6-11-16/h1-13,18,22H,14H2,(H,23,24)/t18-/m0/s1. The van der Waals surface area contributed by atoms with Crippen molar-refractivity contribution >= 4 is 11.7 Å². The Morgan fingerprint density at radius 3 is 2.29 bits per heavy atom. The molecule has 1 aromatic heterocycles. The summed E-state index contributed by atoms with van der Waals surface area (Å²) in [5, 5.41) is 12.9. The largest absolute Gasteiger partial charge is 0.478 e. The molecule has 0 fully saturated rings. The molecule has 0 spiro atoms. The minimum absolute atomic E-state index is 0.0680. The van der Waals surface area contributed by atoms with Crippen LogP contribution in [-0.4, -0.2) is 16.1 Å². The van der Waals surface area contributed by atoms with Crippen LogP contribution in [0.25, 0.3) is 0 Å². The molecule has 0 saturated carbocycles. The van der Waals surface area contributed by atoms with Gasteiger partial charge in [-0.25, -0.2) is 4.79 Å². The van der Waals surface area contributed by atoms with Crippen molar-refractivity contribution in [3.05, 3.63) is 95.8 Å². The molecular weight excluding hydrogens is 300 g/mol. The highest BCUT2D eigenvalue weighted by Gasteiger charge is 2.17. The topological polar surface area (TPSA) is 62.2 Å². The van der Waals surface area contributed by atoms with Gasteiger partial charge in [0, 0.05) is 18.3 Å². The number of benzene rings is 2. The van der Waals surface area contributed by atoms with Crippen molar-refractivity contribution in [2.24, 2.45) is 0 Å². The Bertz CT molecular complexity index is 804. The van der Waals surface area contributed by atoms with E-state index in [2.05, 4.69) is 10.3 Å². The van der Waals surface area contributed by atoms with Crippen LogP contribution in [0.3, 0.4) is 0 Å². The maximum atomic E-state index is 11.4. The van der Waals surface area contributed by atoms with Crippen LogP contribution in [0.2, 0.25) is 0 Å². The fraction of sp³-hybridized carbons (Fsp3) is 0.100. The summed E-state index contributed by atoms with van der Waals surface area (Å²) in [4.78, 5) is 15.7. The fourth-order valence-corrected chi connectivity index (χ4v) is 2.66. The van der Waals surface area contributed by atoms with Crippen LogP contribution in [-0.2, 0) is 6.42 Å². The first kappa shape index (κ1) is 15.7. The zero-order valence-corrected chi connectivity index (χ0v) is 13.1. The van der Waals surface area contributed by atoms with E-state index >= 15 is 0 Å². The quantitative estimate of drug-likeness (QED) is 0.716. The van der Waals surface area contributed by atoms with Gasteiger partial charge in [0.15, 0.2) is 0 Å². The Kier molecular flexibility index (Phi) is 4.87. The molecule has 3 rings (SSSR count). The van der Waals surface area contributed by atoms with E-state index in [1.807, 2.05) is 60.7 Å². The van der Waals surface area contributed by atoms with Gasteiger partial charge in [-0.15, -0.1) is 0 Å². The van der Waals surface area contributed by atoms with Gasteiger partial charge in [0.25, 0.3) is 0 Å². The molecule has 0 aliphatic heterocycles. The Morgan fingerprint density at radius 1 is 0.958 bits per heavy atom. The molecule has 1 heterocycles. The van der Waals surface area contributed by atoms with Gasteiger partial charge in [0.1, 0.15) is 0 Å². The first-order valence-corrected chi connectivity index (χ1v) is 7.78. The Balaban J connectivity index is 1.92. The molecule has 0 bridgehead atoms. The average Bonchev–Trinajstić information content (AvgIpc) is 2.63. The number of para-hydroxylation sites is 1. The lowest BCUT2D eigenvalue weighted by Gasteiger charge is -2.21. The van der Waals surface area contributed by atoms with Crippen molar-refractivity contribution in [2.45, 2.75) is 12.5 Å². The van der Waals surface area contributed by atoms with Crippen LogP contribution in [0.1, 0.15) is 27.7 Å². The van der Waals surface area contributed by atoms with Crippen molar-refractivity contribution in [2.75, 3.05) is 5.32 Å². The smallest absolute Gasteiger partial charge is 0.337 e. The van der Waals surface area contributed by atoms with Crippen molar-refractivity contribution < 1.29 is 9.90 Å². The molecule has 3 aromatic rings. The van der Waals surface area contributed by atoms with Gasteiger partial charge in [-0.3, -0.25) is 4.98 Å². The molecule has 120 valence electrons. The molecule has 2 N–H and O–H groups in total. The molecule has 4 nitrogen and oxygen atoms in total. The maximum Gasteiger partial charge on any atom is 0.337 e. The van der Waals surface area contributed by atoms with Crippen molar-refractivity contribution in [1.82, 2.24) is 4.98 Å². The number of aromatic nitrogens is 1. The highest BCUT2D eigenvalue weighted by molar-refractivity contribution is 5.88. The van der Waals surface area contributed by atoms with Gasteiger partial charge in [-0.05, 0) is 29.8 Å². The van der Waals surface area contributed by atoms with E-state index in [1.54, 1.807) is 18.3 Å². The fourth-order valence-electron chi connectivity index (χ4n) is 2.66. The summed E-state index contributed by atoms with van der Waals surface area (Å²) in [6.45, 7) is 0. The Labute approximate surface area is 140 Å². The number of carboxylic acid groups (broad SMARTS) is 1. The number of anilines is 1. The van der Waals surface area contributed by atoms with E-state index in [9.17, 15) is 9.90 Å². The van der Waals surface area contributed by atoms with Crippen LogP contribution < -0.4 is 5.32 Å². The van der Waals surface area contributed by atoms with Crippen LogP contribution in [0.5, 0.6) is 0 Å². The second kappa shape index (κ2) is 7.42. The number of carboxylic acids is 1. The molecule has 0 aliphatic rings. The summed E-state index contributed by atoms with van der Waals surface area (Å²) in [5.74, 6) is -0.954. The second-order valence-corrected chi connectivity index (χ2v) is 5.48. The van der Waals surface area contributed by atoms with E-state index in [1.165, 1.54) is 0 Å². The average molecular weight is 318 g/mol. The summed E-state index contributed by atoms with van der Waals surface area (Å²) < 4.78 is 0. The van der Waals surface area contributed by atoms with Crippen LogP contribution in [0.15, 0.2) is 79.0 Å². The normalized spacial score (nSPS) is 11.7. The zero-order chi connectivity index (χ0) is 16.8. The lowest BCUT2D eigenvalue weighted by Crippen LogP contribution is -2.16. The summed E-state index contributed by atoms with van der Waals surface area (Å²) in [6.07, 6.45) is 2.12. The molecule has 2 aromatic carbocycles. The maximum absolute atomic E-state index is 11.4. The van der Waals surface area contributed by atoms with E-state index in [0.29, 0.717) is 12.1 Å². The van der Waals surface area contributed by atoms with Crippen LogP contribution in [0.4, 0.5) is 5.69 Å². The number of hydrogen-bond donors (Lipinski definition) is 2. The molecule has 0 amide bonds. The number of nitrogens with zero attached hydrogens (tertiary/aromatic N) is 1. The van der Waals surface area contributed by atoms with Gasteiger partial charge >= 0.3 is 5.97 Å². The van der Waals surface area contributed by atoms with Gasteiger partial charge in [-0.2, -0.15) is 0 Å². The van der Waals surface area contributed by atoms with E-state index in [4.69, 9.17) is 0 Å². The number of rotatable bonds is 6. The number of pyridine rings is 1. The number of aromatic carboxylic acids is 1. The molecule has 0 radical (unpaired) electrons. The summed E-state index contributed by atoms with van der Waals surface area (Å²) in [7, 11) is 0. The number of nitrogens with one attached hydrogen (secondary N) is 1. The third-order valence-corrected chi connectivity index (χ3v) is 3.83. The Morgan fingerprint density at radius 2 is 1.62 bits per heavy atom. The van der Waals surface area contributed by atoms with Gasteiger partial charge in [-0.1, -0.05) is 48.5 Å². The second-order valence-electron chi connectivity index (χ2n) is 5.48. The lowest BCUT2D eigenvalue weighted by atomic mass is 9.99. The number of carbonyl (C=O) groups is 1. The van der Waals surface area contributed by atoms with Crippen molar-refractivity contribution in [1.29, 1.82) is 0 Å². The SMILES string of the molecule is O=C(O)c1cccnc1C[C@H](Nc1ccccc1)c1ccccc1. The van der Waals surface area contributed by atoms with Gasteiger partial charge in [0.2, 0.25) is 0 Å². The first-order valence-electron chi connectivity index (χ1n) is 7.78. The van der Waals surface area contributed by atoms with E-state index < -0.39 is 5.97 Å². The van der Waals surface area contributed by atoms with Crippen molar-refractivity contribution in [3.8, 4) is 0 Å². The summed E-state index contributed by atoms with van der Waals surface area (Å²) in [5.41, 5.74) is 2.89. The molecular formula is C20H18N2O2. The minimum atomic E-state index is -0.954. The van der Waals surface area contributed by atoms with E-state index in [0.717, 1.165) is 11.3 Å². The molecule has 0 aliphatic carbocycles. The van der Waals surface area contributed by atoms with Gasteiger partial charge < -0.3 is 10.4 Å². The van der Waals surface area contributed by atoms with Crippen molar-refractivity contribution in [3.63, 3.8) is 0 Å². The third kappa shape index (κ3) is 3.79. The monoisotopic (exact) mass is 318 g/mol. The highest BCUT2D eigenvalue weighted by atomic mass is 16.4. The lowest BCUT2D eigenvalue weighted by molar-refractivity contribution is 0.0695. The number of hydrogen-bond acceptors (Lipinski definition) is 3. The highest BCUT2D eigenvalue weighted by Crippen LogP contribution is 2.24. The first-order chi connectivity index (χ1) is 11.7. The Hall–Kier alpha value is -3.14. The predicted octanol–water partition coefficient (Wildman–Crippen LogP) is 4.18. The summed E-state index contributed by atoms with van der Waals surface area (Å²) in [6, 6.07) is 23.0. The molecule has 0 saturated heterocycles. The zero-order valence-electron chi connectivity index (χ0n) is 13.1. The third-order valence-electron chi connectivity index (χ3n) is 3.83. The molecule has 24 heavy (non-hydrogen) atoms.